The van der Waals surface area contributed by atoms with E-state index in [0.29, 0.717) is 13.0 Å². The summed E-state index contributed by atoms with van der Waals surface area (Å²) >= 11 is 0. The first kappa shape index (κ1) is 13.1. The van der Waals surface area contributed by atoms with Crippen LogP contribution < -0.4 is 11.1 Å². The molecule has 0 bridgehead atoms. The Hall–Kier alpha value is -1.39. The molecule has 1 heterocycles. The maximum absolute atomic E-state index is 12.3. The van der Waals surface area contributed by atoms with Crippen molar-refractivity contribution in [2.45, 2.75) is 19.4 Å². The van der Waals surface area contributed by atoms with Gasteiger partial charge in [0.25, 0.3) is 0 Å². The number of aryl methyl sites for hydroxylation is 1. The van der Waals surface area contributed by atoms with Crippen LogP contribution >= 0.6 is 0 Å². The zero-order valence-corrected chi connectivity index (χ0v) is 10.9. The highest BCUT2D eigenvalue weighted by molar-refractivity contribution is 5.79. The first-order valence-corrected chi connectivity index (χ1v) is 6.47. The lowest BCUT2D eigenvalue weighted by Crippen LogP contribution is -2.56. The summed E-state index contributed by atoms with van der Waals surface area (Å²) in [6, 6.07) is 8.17. The maximum atomic E-state index is 12.3. The Morgan fingerprint density at radius 2 is 2.28 bits per heavy atom. The highest BCUT2D eigenvalue weighted by Crippen LogP contribution is 2.11. The van der Waals surface area contributed by atoms with Gasteiger partial charge in [0.2, 0.25) is 5.91 Å². The minimum absolute atomic E-state index is 0.135. The lowest BCUT2D eigenvalue weighted by atomic mass is 10.0. The number of carbonyl (C=O) groups excluding carboxylic acids is 1. The second-order valence-corrected chi connectivity index (χ2v) is 4.78. The normalized spacial score (nSPS) is 19.9. The molecule has 1 fully saturated rings. The van der Waals surface area contributed by atoms with Crippen molar-refractivity contribution < 1.29 is 4.79 Å². The van der Waals surface area contributed by atoms with Gasteiger partial charge in [0, 0.05) is 26.2 Å². The summed E-state index contributed by atoms with van der Waals surface area (Å²) in [5, 5.41) is 3.27. The van der Waals surface area contributed by atoms with E-state index in [-0.39, 0.29) is 11.9 Å². The van der Waals surface area contributed by atoms with E-state index < -0.39 is 0 Å². The molecule has 98 valence electrons. The Morgan fingerprint density at radius 3 is 3.00 bits per heavy atom. The van der Waals surface area contributed by atoms with E-state index in [1.807, 2.05) is 36.1 Å². The second-order valence-electron chi connectivity index (χ2n) is 4.78. The van der Waals surface area contributed by atoms with Gasteiger partial charge < -0.3 is 16.0 Å². The lowest BCUT2D eigenvalue weighted by molar-refractivity contribution is -0.133. The van der Waals surface area contributed by atoms with E-state index in [1.54, 1.807) is 0 Å². The van der Waals surface area contributed by atoms with Gasteiger partial charge in [-0.15, -0.1) is 0 Å². The number of benzene rings is 1. The molecule has 1 aliphatic heterocycles. The van der Waals surface area contributed by atoms with E-state index in [1.165, 1.54) is 5.56 Å². The number of rotatable bonds is 3. The van der Waals surface area contributed by atoms with Gasteiger partial charge >= 0.3 is 0 Å². The fourth-order valence-corrected chi connectivity index (χ4v) is 2.37. The molecule has 0 aliphatic carbocycles. The van der Waals surface area contributed by atoms with Crippen LogP contribution in [-0.2, 0) is 11.2 Å². The average molecular weight is 247 g/mol. The van der Waals surface area contributed by atoms with Crippen molar-refractivity contribution in [2.24, 2.45) is 5.73 Å². The fourth-order valence-electron chi connectivity index (χ4n) is 2.37. The predicted octanol–water partition coefficient (Wildman–Crippen LogP) is 0.297. The third-order valence-electron chi connectivity index (χ3n) is 3.55. The van der Waals surface area contributed by atoms with Crippen molar-refractivity contribution in [2.75, 3.05) is 26.2 Å². The number of hydrogen-bond donors (Lipinski definition) is 2. The SMILES string of the molecule is Cc1ccccc1CC(=O)N1CCNCC1CN. The molecule has 1 aromatic carbocycles. The smallest absolute Gasteiger partial charge is 0.227 e. The van der Waals surface area contributed by atoms with E-state index in [9.17, 15) is 4.79 Å². The Labute approximate surface area is 108 Å². The van der Waals surface area contributed by atoms with Gasteiger partial charge in [-0.25, -0.2) is 0 Å². The molecule has 1 unspecified atom stereocenters. The van der Waals surface area contributed by atoms with Crippen molar-refractivity contribution in [1.29, 1.82) is 0 Å². The maximum Gasteiger partial charge on any atom is 0.227 e. The Morgan fingerprint density at radius 1 is 1.50 bits per heavy atom. The molecule has 4 heteroatoms. The number of hydrogen-bond acceptors (Lipinski definition) is 3. The summed E-state index contributed by atoms with van der Waals surface area (Å²) in [5.41, 5.74) is 8.00. The Kier molecular flexibility index (Phi) is 4.33. The van der Waals surface area contributed by atoms with Gasteiger partial charge in [0.15, 0.2) is 0 Å². The van der Waals surface area contributed by atoms with E-state index in [4.69, 9.17) is 5.73 Å². The molecule has 2 rings (SSSR count). The molecule has 3 N–H and O–H groups in total. The number of nitrogens with two attached hydrogens (primary N) is 1. The average Bonchev–Trinajstić information content (AvgIpc) is 2.41. The van der Waals surface area contributed by atoms with Crippen LogP contribution in [0.3, 0.4) is 0 Å². The first-order valence-electron chi connectivity index (χ1n) is 6.47. The topological polar surface area (TPSA) is 58.4 Å². The van der Waals surface area contributed by atoms with Crippen molar-refractivity contribution >= 4 is 5.91 Å². The third-order valence-corrected chi connectivity index (χ3v) is 3.55. The van der Waals surface area contributed by atoms with Crippen LogP contribution in [0, 0.1) is 6.92 Å². The van der Waals surface area contributed by atoms with Crippen molar-refractivity contribution in [3.63, 3.8) is 0 Å². The fraction of sp³-hybridized carbons (Fsp3) is 0.500. The van der Waals surface area contributed by atoms with Gasteiger partial charge in [0.05, 0.1) is 12.5 Å². The molecule has 1 amide bonds. The minimum atomic E-state index is 0.135. The van der Waals surface area contributed by atoms with Gasteiger partial charge in [-0.1, -0.05) is 24.3 Å². The summed E-state index contributed by atoms with van der Waals surface area (Å²) in [6.45, 7) is 4.98. The molecular weight excluding hydrogens is 226 g/mol. The molecule has 1 saturated heterocycles. The standard InChI is InChI=1S/C14H21N3O/c1-11-4-2-3-5-12(11)8-14(18)17-7-6-16-10-13(17)9-15/h2-5,13,16H,6-10,15H2,1H3. The van der Waals surface area contributed by atoms with Gasteiger partial charge in [-0.2, -0.15) is 0 Å². The number of piperazine rings is 1. The Balaban J connectivity index is 2.05. The minimum Gasteiger partial charge on any atom is -0.336 e. The largest absolute Gasteiger partial charge is 0.336 e. The highest BCUT2D eigenvalue weighted by atomic mass is 16.2. The molecule has 1 aromatic rings. The second kappa shape index (κ2) is 5.98. The first-order chi connectivity index (χ1) is 8.72. The van der Waals surface area contributed by atoms with Crippen LogP contribution in [0.5, 0.6) is 0 Å². The summed E-state index contributed by atoms with van der Waals surface area (Å²) in [4.78, 5) is 14.3. The monoisotopic (exact) mass is 247 g/mol. The van der Waals surface area contributed by atoms with Crippen molar-refractivity contribution in [3.05, 3.63) is 35.4 Å². The number of amides is 1. The number of carbonyl (C=O) groups is 1. The molecular formula is C14H21N3O. The molecule has 0 aromatic heterocycles. The molecule has 1 atom stereocenters. The summed E-state index contributed by atoms with van der Waals surface area (Å²) < 4.78 is 0. The van der Waals surface area contributed by atoms with Crippen molar-refractivity contribution in [3.8, 4) is 0 Å². The van der Waals surface area contributed by atoms with Crippen LogP contribution in [0.25, 0.3) is 0 Å². The molecule has 0 saturated carbocycles. The van der Waals surface area contributed by atoms with Crippen LogP contribution in [0.1, 0.15) is 11.1 Å². The van der Waals surface area contributed by atoms with Gasteiger partial charge in [-0.05, 0) is 18.1 Å². The summed E-state index contributed by atoms with van der Waals surface area (Å²) in [7, 11) is 0. The summed E-state index contributed by atoms with van der Waals surface area (Å²) in [6.07, 6.45) is 0.475. The van der Waals surface area contributed by atoms with Gasteiger partial charge in [0.1, 0.15) is 0 Å². The van der Waals surface area contributed by atoms with Crippen LogP contribution in [0.4, 0.5) is 0 Å². The third kappa shape index (κ3) is 2.89. The zero-order chi connectivity index (χ0) is 13.0. The van der Waals surface area contributed by atoms with E-state index in [2.05, 4.69) is 5.32 Å². The number of nitrogens with one attached hydrogen (secondary N) is 1. The molecule has 1 aliphatic rings. The molecule has 0 radical (unpaired) electrons. The quantitative estimate of drug-likeness (QED) is 0.807. The molecule has 18 heavy (non-hydrogen) atoms. The Bertz CT molecular complexity index is 419. The zero-order valence-electron chi connectivity index (χ0n) is 10.9. The molecule has 0 spiro atoms. The summed E-state index contributed by atoms with van der Waals surface area (Å²) in [5.74, 6) is 0.182. The lowest BCUT2D eigenvalue weighted by Gasteiger charge is -2.35. The van der Waals surface area contributed by atoms with Crippen LogP contribution in [-0.4, -0.2) is 43.0 Å². The van der Waals surface area contributed by atoms with Crippen LogP contribution in [0.15, 0.2) is 24.3 Å². The number of nitrogens with zero attached hydrogens (tertiary/aromatic N) is 1. The van der Waals surface area contributed by atoms with E-state index in [0.717, 1.165) is 25.2 Å². The van der Waals surface area contributed by atoms with Gasteiger partial charge in [-0.3, -0.25) is 4.79 Å². The molecule has 4 nitrogen and oxygen atoms in total. The van der Waals surface area contributed by atoms with Crippen LogP contribution in [0.2, 0.25) is 0 Å². The predicted molar refractivity (Wildman–Crippen MR) is 72.3 cm³/mol. The highest BCUT2D eigenvalue weighted by Gasteiger charge is 2.25. The van der Waals surface area contributed by atoms with E-state index >= 15 is 0 Å². The van der Waals surface area contributed by atoms with Crippen molar-refractivity contribution in [1.82, 2.24) is 10.2 Å².